The lowest BCUT2D eigenvalue weighted by molar-refractivity contribution is -0.143. The molecule has 8 nitrogen and oxygen atoms in total. The quantitative estimate of drug-likeness (QED) is 0.367. The highest BCUT2D eigenvalue weighted by atomic mass is 19.4. The van der Waals surface area contributed by atoms with Gasteiger partial charge in [-0.15, -0.1) is 0 Å². The Balaban J connectivity index is 1.24. The zero-order valence-electron chi connectivity index (χ0n) is 24.3. The molecule has 0 radical (unpaired) electrons. The number of nitrogens with one attached hydrogen (secondary N) is 2. The molecule has 1 amide bonds. The molecule has 3 aliphatic heterocycles. The van der Waals surface area contributed by atoms with Crippen LogP contribution in [-0.4, -0.2) is 96.8 Å². The Morgan fingerprint density at radius 1 is 0.911 bits per heavy atom. The molecule has 14 heteroatoms. The smallest absolute Gasteiger partial charge is 0.379 e. The molecule has 0 bridgehead atoms. The summed E-state index contributed by atoms with van der Waals surface area (Å²) >= 11 is 0. The zero-order chi connectivity index (χ0) is 31.8. The first-order valence-electron chi connectivity index (χ1n) is 14.7. The Hall–Kier alpha value is -3.59. The summed E-state index contributed by atoms with van der Waals surface area (Å²) in [6.45, 7) is 5.03. The van der Waals surface area contributed by atoms with Crippen molar-refractivity contribution in [3.8, 4) is 0 Å². The van der Waals surface area contributed by atoms with Gasteiger partial charge in [0.2, 0.25) is 0 Å². The maximum Gasteiger partial charge on any atom is 0.416 e. The summed E-state index contributed by atoms with van der Waals surface area (Å²) in [5.41, 5.74) is 1.94. The molecule has 0 saturated carbocycles. The number of carbonyl (C=O) groups is 1. The number of H-pyrrole nitrogens is 1. The maximum atomic E-state index is 13.8. The van der Waals surface area contributed by atoms with Gasteiger partial charge in [0.15, 0.2) is 0 Å². The second-order valence-electron chi connectivity index (χ2n) is 11.6. The number of ether oxygens (including phenoxy) is 1. The van der Waals surface area contributed by atoms with Gasteiger partial charge >= 0.3 is 12.4 Å². The molecule has 6 rings (SSSR count). The molecule has 45 heavy (non-hydrogen) atoms. The third-order valence-electron chi connectivity index (χ3n) is 8.46. The van der Waals surface area contributed by atoms with Gasteiger partial charge in [0.05, 0.1) is 30.0 Å². The van der Waals surface area contributed by atoms with Crippen molar-refractivity contribution in [3.05, 3.63) is 82.7 Å². The van der Waals surface area contributed by atoms with Crippen LogP contribution in [0.5, 0.6) is 0 Å². The van der Waals surface area contributed by atoms with Gasteiger partial charge in [-0.2, -0.15) is 26.3 Å². The van der Waals surface area contributed by atoms with Crippen LogP contribution < -0.4 is 5.48 Å². The monoisotopic (exact) mass is 637 g/mol. The lowest BCUT2D eigenvalue weighted by Crippen LogP contribution is -2.56. The van der Waals surface area contributed by atoms with E-state index in [0.29, 0.717) is 57.9 Å². The third kappa shape index (κ3) is 7.29. The normalized spacial score (nSPS) is 22.1. The van der Waals surface area contributed by atoms with Crippen molar-refractivity contribution in [3.63, 3.8) is 0 Å². The molecule has 4 heterocycles. The van der Waals surface area contributed by atoms with E-state index in [9.17, 15) is 31.1 Å². The molecule has 3 aromatic rings. The number of para-hydroxylation sites is 1. The summed E-state index contributed by atoms with van der Waals surface area (Å²) in [5, 5.41) is 0.931. The van der Waals surface area contributed by atoms with Gasteiger partial charge in [-0.1, -0.05) is 18.2 Å². The number of piperazine rings is 1. The Morgan fingerprint density at radius 2 is 1.62 bits per heavy atom. The van der Waals surface area contributed by atoms with E-state index in [0.717, 1.165) is 35.3 Å². The Morgan fingerprint density at radius 3 is 2.33 bits per heavy atom. The fourth-order valence-electron chi connectivity index (χ4n) is 6.20. The van der Waals surface area contributed by atoms with Crippen LogP contribution in [0.15, 0.2) is 60.4 Å². The molecule has 2 fully saturated rings. The molecular weight excluding hydrogens is 604 g/mol. The minimum Gasteiger partial charge on any atom is -0.379 e. The van der Waals surface area contributed by atoms with Crippen LogP contribution in [0.3, 0.4) is 0 Å². The Labute approximate surface area is 255 Å². The summed E-state index contributed by atoms with van der Waals surface area (Å²) in [5.74, 6) is -0.872. The summed E-state index contributed by atoms with van der Waals surface area (Å²) < 4.78 is 86.9. The van der Waals surface area contributed by atoms with Crippen molar-refractivity contribution < 1.29 is 40.7 Å². The Bertz CT molecular complexity index is 1520. The van der Waals surface area contributed by atoms with Crippen LogP contribution >= 0.6 is 0 Å². The van der Waals surface area contributed by atoms with E-state index >= 15 is 0 Å². The number of fused-ring (bicyclic) bond motifs is 1. The summed E-state index contributed by atoms with van der Waals surface area (Å²) in [4.78, 5) is 28.5. The fraction of sp³-hybridized carbons (Fsp3) is 0.452. The first-order chi connectivity index (χ1) is 21.4. The van der Waals surface area contributed by atoms with E-state index in [4.69, 9.17) is 9.57 Å². The topological polar surface area (TPSA) is 73.1 Å². The standard InChI is InChI=1S/C31H33F6N5O3/c32-30(33,34)22-11-20(12-23(14-22)31(35,36)37)29(43)42-6-5-41(17-24-15-26(45-39-24)19-40-7-9-44-10-8-40)18-25(42)13-21-16-38-28-4-2-1-3-27(21)28/h1-4,11-12,14-16,25-26,38-39H,5-10,13,17-19H2/t25-,26?/m1/s1. The minimum absolute atomic E-state index is 0.0366. The molecule has 3 aliphatic rings. The van der Waals surface area contributed by atoms with Gasteiger partial charge in [0, 0.05) is 74.5 Å². The number of hydrogen-bond donors (Lipinski definition) is 2. The number of alkyl halides is 6. The average molecular weight is 638 g/mol. The second kappa shape index (κ2) is 12.7. The minimum atomic E-state index is -5.05. The molecule has 2 N–H and O–H groups in total. The second-order valence-corrected chi connectivity index (χ2v) is 11.6. The molecule has 0 aliphatic carbocycles. The summed E-state index contributed by atoms with van der Waals surface area (Å²) in [6, 6.07) is 8.11. The van der Waals surface area contributed by atoms with Crippen molar-refractivity contribution in [2.45, 2.75) is 30.9 Å². The van der Waals surface area contributed by atoms with Gasteiger partial charge in [-0.05, 0) is 42.3 Å². The number of hydrogen-bond acceptors (Lipinski definition) is 6. The van der Waals surface area contributed by atoms with E-state index in [2.05, 4.69) is 20.3 Å². The number of rotatable bonds is 7. The predicted molar refractivity (Wildman–Crippen MR) is 153 cm³/mol. The van der Waals surface area contributed by atoms with Gasteiger partial charge in [0.25, 0.3) is 5.91 Å². The first-order valence-corrected chi connectivity index (χ1v) is 14.7. The molecule has 1 aromatic heterocycles. The van der Waals surface area contributed by atoms with E-state index in [1.807, 2.05) is 36.5 Å². The van der Waals surface area contributed by atoms with Gasteiger partial charge in [-0.3, -0.25) is 24.9 Å². The van der Waals surface area contributed by atoms with Crippen LogP contribution in [0.4, 0.5) is 26.3 Å². The van der Waals surface area contributed by atoms with Crippen LogP contribution in [0, 0.1) is 0 Å². The molecule has 2 atom stereocenters. The van der Waals surface area contributed by atoms with E-state index < -0.39 is 41.0 Å². The molecular formula is C31H33F6N5O3. The maximum absolute atomic E-state index is 13.8. The van der Waals surface area contributed by atoms with Crippen molar-refractivity contribution in [1.29, 1.82) is 0 Å². The fourth-order valence-corrected chi connectivity index (χ4v) is 6.20. The predicted octanol–water partition coefficient (Wildman–Crippen LogP) is 4.69. The summed E-state index contributed by atoms with van der Waals surface area (Å²) in [6.07, 6.45) is -6.07. The molecule has 2 saturated heterocycles. The number of benzene rings is 2. The van der Waals surface area contributed by atoms with Crippen LogP contribution in [0.25, 0.3) is 10.9 Å². The van der Waals surface area contributed by atoms with Crippen molar-refractivity contribution in [2.24, 2.45) is 0 Å². The van der Waals surface area contributed by atoms with Gasteiger partial charge in [0.1, 0.15) is 6.10 Å². The molecule has 2 aromatic carbocycles. The largest absolute Gasteiger partial charge is 0.416 e. The Kier molecular flexibility index (Phi) is 8.83. The van der Waals surface area contributed by atoms with Crippen LogP contribution in [0.2, 0.25) is 0 Å². The van der Waals surface area contributed by atoms with Crippen molar-refractivity contribution >= 4 is 16.8 Å². The lowest BCUT2D eigenvalue weighted by atomic mass is 9.98. The first kappa shape index (κ1) is 31.4. The van der Waals surface area contributed by atoms with Gasteiger partial charge < -0.3 is 14.6 Å². The third-order valence-corrected chi connectivity index (χ3v) is 8.46. The average Bonchev–Trinajstić information content (AvgIpc) is 3.63. The number of halogens is 6. The number of aromatic nitrogens is 1. The highest BCUT2D eigenvalue weighted by molar-refractivity contribution is 5.95. The number of nitrogens with zero attached hydrogens (tertiary/aromatic N) is 3. The molecule has 242 valence electrons. The van der Waals surface area contributed by atoms with E-state index in [-0.39, 0.29) is 18.7 Å². The lowest BCUT2D eigenvalue weighted by Gasteiger charge is -2.42. The number of carbonyl (C=O) groups excluding carboxylic acids is 1. The van der Waals surface area contributed by atoms with Crippen molar-refractivity contribution in [1.82, 2.24) is 25.2 Å². The highest BCUT2D eigenvalue weighted by Crippen LogP contribution is 2.37. The van der Waals surface area contributed by atoms with E-state index in [1.54, 1.807) is 0 Å². The van der Waals surface area contributed by atoms with Gasteiger partial charge in [-0.25, -0.2) is 0 Å². The number of morpholine rings is 1. The zero-order valence-corrected chi connectivity index (χ0v) is 24.3. The van der Waals surface area contributed by atoms with Crippen molar-refractivity contribution in [2.75, 3.05) is 59.0 Å². The number of hydroxylamine groups is 1. The highest BCUT2D eigenvalue weighted by Gasteiger charge is 2.39. The van der Waals surface area contributed by atoms with Crippen LogP contribution in [0.1, 0.15) is 27.0 Å². The number of aromatic amines is 1. The SMILES string of the molecule is O=C(c1cc(C(F)(F)F)cc(C(F)(F)F)c1)N1CCN(CC2=CC(CN3CCOCC3)ON2)C[C@H]1Cc1c[nH]c2ccccc12. The molecule has 1 unspecified atom stereocenters. The molecule has 0 spiro atoms. The van der Waals surface area contributed by atoms with Crippen LogP contribution in [-0.2, 0) is 28.3 Å². The number of amides is 1. The summed E-state index contributed by atoms with van der Waals surface area (Å²) in [7, 11) is 0. The van der Waals surface area contributed by atoms with E-state index in [1.165, 1.54) is 4.90 Å².